The van der Waals surface area contributed by atoms with E-state index >= 15 is 0 Å². The predicted molar refractivity (Wildman–Crippen MR) is 108 cm³/mol. The van der Waals surface area contributed by atoms with Gasteiger partial charge in [0, 0.05) is 17.6 Å². The Morgan fingerprint density at radius 3 is 2.75 bits per heavy atom. The van der Waals surface area contributed by atoms with Crippen molar-refractivity contribution in [1.82, 2.24) is 10.2 Å². The molecule has 154 valence electrons. The van der Waals surface area contributed by atoms with Crippen LogP contribution < -0.4 is 10.1 Å². The number of unbranched alkanes of at least 4 members (excludes halogenated alkanes) is 1. The topological polar surface area (TPSA) is 84.9 Å². The van der Waals surface area contributed by atoms with E-state index < -0.39 is 12.0 Å². The van der Waals surface area contributed by atoms with E-state index in [0.717, 1.165) is 17.3 Å². The van der Waals surface area contributed by atoms with Gasteiger partial charge in [-0.15, -0.1) is 0 Å². The van der Waals surface area contributed by atoms with Crippen molar-refractivity contribution < 1.29 is 23.9 Å². The third-order valence-electron chi connectivity index (χ3n) is 4.35. The number of hydrogen-bond donors (Lipinski definition) is 1. The van der Waals surface area contributed by atoms with Crippen LogP contribution in [0.1, 0.15) is 49.9 Å². The number of ether oxygens (including phenoxy) is 2. The first kappa shape index (κ1) is 22.2. The van der Waals surface area contributed by atoms with Gasteiger partial charge in [-0.2, -0.15) is 0 Å². The van der Waals surface area contributed by atoms with Gasteiger partial charge in [0.05, 0.1) is 25.2 Å². The number of amides is 2. The van der Waals surface area contributed by atoms with E-state index in [1.54, 1.807) is 18.2 Å². The summed E-state index contributed by atoms with van der Waals surface area (Å²) in [5, 5.41) is 2.72. The van der Waals surface area contributed by atoms with Crippen LogP contribution in [0.3, 0.4) is 0 Å². The van der Waals surface area contributed by atoms with Crippen LogP contribution in [-0.4, -0.2) is 55.0 Å². The van der Waals surface area contributed by atoms with Gasteiger partial charge in [0.1, 0.15) is 11.8 Å². The van der Waals surface area contributed by atoms with E-state index in [9.17, 15) is 14.4 Å². The van der Waals surface area contributed by atoms with Crippen LogP contribution in [0.25, 0.3) is 0 Å². The Hall–Kier alpha value is -2.09. The second-order valence-corrected chi connectivity index (χ2v) is 7.49. The Labute approximate surface area is 173 Å². The molecule has 1 aromatic carbocycles. The van der Waals surface area contributed by atoms with E-state index in [2.05, 4.69) is 28.2 Å². The molecule has 0 bridgehead atoms. The van der Waals surface area contributed by atoms with Gasteiger partial charge in [-0.25, -0.2) is 0 Å². The van der Waals surface area contributed by atoms with Crippen molar-refractivity contribution in [3.8, 4) is 5.75 Å². The maximum Gasteiger partial charge on any atom is 0.308 e. The molecule has 1 aliphatic rings. The summed E-state index contributed by atoms with van der Waals surface area (Å²) in [6, 6.07) is 4.33. The number of nitrogens with zero attached hydrogens (tertiary/aromatic N) is 1. The quantitative estimate of drug-likeness (QED) is 0.457. The van der Waals surface area contributed by atoms with Gasteiger partial charge in [-0.1, -0.05) is 36.2 Å². The first-order valence-corrected chi connectivity index (χ1v) is 10.4. The SMILES string of the molecule is CCCCOc1ccc(Br)cc1C(=O)N1CCNC(=O)C1CC(=O)OCCC. The van der Waals surface area contributed by atoms with Crippen molar-refractivity contribution in [2.24, 2.45) is 0 Å². The number of benzene rings is 1. The van der Waals surface area contributed by atoms with Crippen LogP contribution in [0.15, 0.2) is 22.7 Å². The summed E-state index contributed by atoms with van der Waals surface area (Å²) in [5.74, 6) is -0.706. The molecule has 1 heterocycles. The summed E-state index contributed by atoms with van der Waals surface area (Å²) in [5.41, 5.74) is 0.368. The highest BCUT2D eigenvalue weighted by Gasteiger charge is 2.36. The molecule has 1 saturated heterocycles. The summed E-state index contributed by atoms with van der Waals surface area (Å²) >= 11 is 3.39. The number of hydrogen-bond acceptors (Lipinski definition) is 5. The second kappa shape index (κ2) is 11.0. The van der Waals surface area contributed by atoms with E-state index in [4.69, 9.17) is 9.47 Å². The minimum Gasteiger partial charge on any atom is -0.493 e. The standard InChI is InChI=1S/C20H27BrN2O5/c1-3-5-11-27-17-7-6-14(21)12-15(17)20(26)23-9-8-22-19(25)16(23)13-18(24)28-10-4-2/h6-7,12,16H,3-5,8-11,13H2,1-2H3,(H,22,25). The predicted octanol–water partition coefficient (Wildman–Crippen LogP) is 2.91. The zero-order chi connectivity index (χ0) is 20.5. The van der Waals surface area contributed by atoms with Crippen LogP contribution in [-0.2, 0) is 14.3 Å². The summed E-state index contributed by atoms with van der Waals surface area (Å²) in [7, 11) is 0. The normalized spacial score (nSPS) is 16.5. The summed E-state index contributed by atoms with van der Waals surface area (Å²) < 4.78 is 11.6. The molecule has 7 nitrogen and oxygen atoms in total. The maximum atomic E-state index is 13.2. The van der Waals surface area contributed by atoms with Gasteiger partial charge in [0.25, 0.3) is 5.91 Å². The van der Waals surface area contributed by atoms with Crippen molar-refractivity contribution in [3.05, 3.63) is 28.2 Å². The molecule has 0 saturated carbocycles. The molecule has 1 unspecified atom stereocenters. The van der Waals surface area contributed by atoms with Gasteiger partial charge >= 0.3 is 5.97 Å². The van der Waals surface area contributed by atoms with Crippen molar-refractivity contribution in [2.75, 3.05) is 26.3 Å². The van der Waals surface area contributed by atoms with Crippen LogP contribution in [0, 0.1) is 0 Å². The Morgan fingerprint density at radius 1 is 1.25 bits per heavy atom. The smallest absolute Gasteiger partial charge is 0.308 e. The molecule has 1 aliphatic heterocycles. The fourth-order valence-corrected chi connectivity index (χ4v) is 3.23. The fraction of sp³-hybridized carbons (Fsp3) is 0.550. The summed E-state index contributed by atoms with van der Waals surface area (Å²) in [6.45, 7) is 5.41. The molecule has 1 aromatic rings. The molecule has 0 aliphatic carbocycles. The number of nitrogens with one attached hydrogen (secondary N) is 1. The van der Waals surface area contributed by atoms with Gasteiger partial charge in [0.2, 0.25) is 5.91 Å². The Morgan fingerprint density at radius 2 is 2.04 bits per heavy atom. The Kier molecular flexibility index (Phi) is 8.76. The van der Waals surface area contributed by atoms with Crippen LogP contribution in [0.5, 0.6) is 5.75 Å². The third kappa shape index (κ3) is 5.95. The first-order valence-electron chi connectivity index (χ1n) is 9.64. The molecule has 8 heteroatoms. The van der Waals surface area contributed by atoms with Gasteiger partial charge in [0.15, 0.2) is 0 Å². The largest absolute Gasteiger partial charge is 0.493 e. The summed E-state index contributed by atoms with van der Waals surface area (Å²) in [6.07, 6.45) is 2.38. The van der Waals surface area contributed by atoms with E-state index in [1.165, 1.54) is 4.90 Å². The van der Waals surface area contributed by atoms with Crippen molar-refractivity contribution >= 4 is 33.7 Å². The molecular formula is C20H27BrN2O5. The minimum atomic E-state index is -0.895. The van der Waals surface area contributed by atoms with Crippen molar-refractivity contribution in [2.45, 2.75) is 45.6 Å². The van der Waals surface area contributed by atoms with Crippen molar-refractivity contribution in [3.63, 3.8) is 0 Å². The fourth-order valence-electron chi connectivity index (χ4n) is 2.87. The van der Waals surface area contributed by atoms with Crippen LogP contribution in [0.2, 0.25) is 0 Å². The number of piperazine rings is 1. The van der Waals surface area contributed by atoms with E-state index in [-0.39, 0.29) is 18.2 Å². The van der Waals surface area contributed by atoms with E-state index in [1.807, 2.05) is 6.92 Å². The van der Waals surface area contributed by atoms with Crippen molar-refractivity contribution in [1.29, 1.82) is 0 Å². The van der Waals surface area contributed by atoms with Crippen LogP contribution >= 0.6 is 15.9 Å². The van der Waals surface area contributed by atoms with E-state index in [0.29, 0.717) is 44.0 Å². The van der Waals surface area contributed by atoms with Gasteiger partial charge in [-0.3, -0.25) is 14.4 Å². The Bertz CT molecular complexity index is 710. The van der Waals surface area contributed by atoms with Gasteiger partial charge in [-0.05, 0) is 31.0 Å². The molecule has 0 radical (unpaired) electrons. The minimum absolute atomic E-state index is 0.169. The molecule has 2 rings (SSSR count). The molecule has 1 N–H and O–H groups in total. The average Bonchev–Trinajstić information content (AvgIpc) is 2.68. The average molecular weight is 455 g/mol. The van der Waals surface area contributed by atoms with Gasteiger partial charge < -0.3 is 19.7 Å². The molecule has 0 spiro atoms. The highest BCUT2D eigenvalue weighted by atomic mass is 79.9. The number of halogens is 1. The zero-order valence-electron chi connectivity index (χ0n) is 16.3. The third-order valence-corrected chi connectivity index (χ3v) is 4.84. The molecule has 28 heavy (non-hydrogen) atoms. The number of carbonyl (C=O) groups excluding carboxylic acids is 3. The number of rotatable bonds is 9. The molecular weight excluding hydrogens is 428 g/mol. The molecule has 0 aromatic heterocycles. The highest BCUT2D eigenvalue weighted by molar-refractivity contribution is 9.10. The molecule has 1 atom stereocenters. The zero-order valence-corrected chi connectivity index (χ0v) is 17.9. The lowest BCUT2D eigenvalue weighted by molar-refractivity contribution is -0.147. The number of esters is 1. The molecule has 2 amide bonds. The first-order chi connectivity index (χ1) is 13.5. The molecule has 1 fully saturated rings. The Balaban J connectivity index is 2.22. The number of carbonyl (C=O) groups is 3. The lowest BCUT2D eigenvalue weighted by atomic mass is 10.1. The lowest BCUT2D eigenvalue weighted by Crippen LogP contribution is -2.57. The monoisotopic (exact) mass is 454 g/mol. The van der Waals surface area contributed by atoms with Crippen LogP contribution in [0.4, 0.5) is 0 Å². The summed E-state index contributed by atoms with van der Waals surface area (Å²) in [4.78, 5) is 39.1. The lowest BCUT2D eigenvalue weighted by Gasteiger charge is -2.35. The second-order valence-electron chi connectivity index (χ2n) is 6.57. The highest BCUT2D eigenvalue weighted by Crippen LogP contribution is 2.26. The maximum absolute atomic E-state index is 13.2.